The van der Waals surface area contributed by atoms with Crippen LogP contribution in [0.5, 0.6) is 0 Å². The van der Waals surface area contributed by atoms with Crippen molar-refractivity contribution in [2.45, 2.75) is 39.9 Å². The summed E-state index contributed by atoms with van der Waals surface area (Å²) in [6.07, 6.45) is 0.0330. The average molecular weight is 200 g/mol. The second kappa shape index (κ2) is 5.71. The van der Waals surface area contributed by atoms with Crippen molar-refractivity contribution in [3.63, 3.8) is 0 Å². The van der Waals surface area contributed by atoms with Crippen LogP contribution in [-0.2, 0) is 0 Å². The van der Waals surface area contributed by atoms with Crippen LogP contribution in [0.4, 0.5) is 0 Å². The van der Waals surface area contributed by atoms with Crippen LogP contribution in [0.25, 0.3) is 0 Å². The van der Waals surface area contributed by atoms with E-state index in [1.54, 1.807) is 0 Å². The molecule has 0 aliphatic rings. The molecule has 0 fully saturated rings. The third-order valence-corrected chi connectivity index (χ3v) is 2.98. The first-order valence-corrected chi connectivity index (χ1v) is 5.20. The second-order valence-electron chi connectivity index (χ2n) is 4.78. The molecule has 5 heteroatoms. The molecule has 14 heavy (non-hydrogen) atoms. The maximum absolute atomic E-state index is 5.73. The molecule has 0 radical (unpaired) electrons. The van der Waals surface area contributed by atoms with Gasteiger partial charge in [-0.05, 0) is 25.8 Å². The minimum Gasteiger partial charge on any atom is -0.334 e. The lowest BCUT2D eigenvalue weighted by molar-refractivity contribution is 0.173. The van der Waals surface area contributed by atoms with Crippen molar-refractivity contribution in [2.24, 2.45) is 16.9 Å². The first kappa shape index (κ1) is 13.9. The van der Waals surface area contributed by atoms with Crippen molar-refractivity contribution in [1.82, 2.24) is 10.1 Å². The maximum atomic E-state index is 5.73. The van der Waals surface area contributed by atoms with Crippen LogP contribution in [0.1, 0.15) is 27.7 Å². The van der Waals surface area contributed by atoms with Crippen LogP contribution in [0, 0.1) is 5.41 Å². The van der Waals surface area contributed by atoms with Crippen molar-refractivity contribution >= 4 is 7.98 Å². The number of nitrogens with one attached hydrogen (secondary N) is 1. The van der Waals surface area contributed by atoms with Gasteiger partial charge < -0.3 is 16.3 Å². The molecule has 0 spiro atoms. The number of hydrogen-bond donors (Lipinski definition) is 3. The Kier molecular flexibility index (Phi) is 5.67. The largest absolute Gasteiger partial charge is 0.334 e. The van der Waals surface area contributed by atoms with E-state index in [-0.39, 0.29) is 11.6 Å². The average Bonchev–Trinajstić information content (AvgIpc) is 2.12. The summed E-state index contributed by atoms with van der Waals surface area (Å²) in [6.45, 7) is 9.97. The monoisotopic (exact) mass is 200 g/mol. The summed E-state index contributed by atoms with van der Waals surface area (Å²) in [7, 11) is 2.08. The fraction of sp³-hybridized carbons (Fsp3) is 1.00. The molecule has 0 amide bonds. The fourth-order valence-corrected chi connectivity index (χ4v) is 1.19. The number of hydrogen-bond acceptors (Lipinski definition) is 4. The molecule has 2 unspecified atom stereocenters. The second-order valence-corrected chi connectivity index (χ2v) is 4.78. The van der Waals surface area contributed by atoms with E-state index in [0.29, 0.717) is 12.6 Å². The lowest BCUT2D eigenvalue weighted by Crippen LogP contribution is -2.51. The predicted octanol–water partition coefficient (Wildman–Crippen LogP) is -0.938. The van der Waals surface area contributed by atoms with E-state index < -0.39 is 0 Å². The Morgan fingerprint density at radius 3 is 2.29 bits per heavy atom. The van der Waals surface area contributed by atoms with Crippen molar-refractivity contribution in [1.29, 1.82) is 0 Å². The molecule has 2 atom stereocenters. The zero-order valence-electron chi connectivity index (χ0n) is 10.2. The molecule has 0 aliphatic carbocycles. The molecule has 0 aliphatic heterocycles. The predicted molar refractivity (Wildman–Crippen MR) is 64.3 cm³/mol. The summed E-state index contributed by atoms with van der Waals surface area (Å²) in [6, 6.07) is 0.429. The van der Waals surface area contributed by atoms with Crippen LogP contribution in [0.15, 0.2) is 0 Å². The summed E-state index contributed by atoms with van der Waals surface area (Å²) in [4.78, 5) is 2.23. The highest BCUT2D eigenvalue weighted by Crippen LogP contribution is 2.21. The van der Waals surface area contributed by atoms with E-state index in [2.05, 4.69) is 38.9 Å². The van der Waals surface area contributed by atoms with Crippen molar-refractivity contribution < 1.29 is 0 Å². The molecular weight excluding hydrogens is 175 g/mol. The van der Waals surface area contributed by atoms with Gasteiger partial charge in [-0.2, -0.15) is 0 Å². The van der Waals surface area contributed by atoms with E-state index in [4.69, 9.17) is 11.5 Å². The molecule has 0 bridgehead atoms. The maximum Gasteiger partial charge on any atom is 0.187 e. The molecule has 0 saturated heterocycles. The summed E-state index contributed by atoms with van der Waals surface area (Å²) in [5.74, 6) is 0. The third-order valence-electron chi connectivity index (χ3n) is 2.98. The summed E-state index contributed by atoms with van der Waals surface area (Å²) < 4.78 is 0. The van der Waals surface area contributed by atoms with Gasteiger partial charge in [0.2, 0.25) is 0 Å². The van der Waals surface area contributed by atoms with Crippen molar-refractivity contribution in [3.05, 3.63) is 0 Å². The Hall–Kier alpha value is -0.0951. The summed E-state index contributed by atoms with van der Waals surface area (Å²) in [5.41, 5.74) is 11.5. The first-order valence-electron chi connectivity index (χ1n) is 5.20. The molecule has 0 rings (SSSR count). The molecule has 0 aromatic rings. The van der Waals surface area contributed by atoms with E-state index in [1.165, 1.54) is 0 Å². The molecule has 0 heterocycles. The van der Waals surface area contributed by atoms with Gasteiger partial charge in [0.05, 0.1) is 6.17 Å². The molecule has 4 nitrogen and oxygen atoms in total. The first-order chi connectivity index (χ1) is 6.31. The highest BCUT2D eigenvalue weighted by molar-refractivity contribution is 6.04. The van der Waals surface area contributed by atoms with Gasteiger partial charge in [-0.3, -0.25) is 5.32 Å². The van der Waals surface area contributed by atoms with Crippen LogP contribution >= 0.6 is 0 Å². The summed E-state index contributed by atoms with van der Waals surface area (Å²) in [5, 5.41) is 3.19. The third kappa shape index (κ3) is 4.42. The lowest BCUT2D eigenvalue weighted by atomic mass is 9.83. The van der Waals surface area contributed by atoms with Crippen LogP contribution in [0.3, 0.4) is 0 Å². The van der Waals surface area contributed by atoms with Gasteiger partial charge in [0, 0.05) is 12.7 Å². The standard InChI is InChI=1S/C9H25BN4/c1-7(9(3,4)5-11)14(10)6-13-8(2)12/h7-8,13H,5-6,10-12H2,1-4H3. The van der Waals surface area contributed by atoms with E-state index in [9.17, 15) is 0 Å². The Bertz CT molecular complexity index is 161. The highest BCUT2D eigenvalue weighted by Gasteiger charge is 2.26. The highest BCUT2D eigenvalue weighted by atomic mass is 15.2. The van der Waals surface area contributed by atoms with Gasteiger partial charge >= 0.3 is 0 Å². The van der Waals surface area contributed by atoms with Gasteiger partial charge in [0.15, 0.2) is 7.98 Å². The fourth-order valence-electron chi connectivity index (χ4n) is 1.19. The van der Waals surface area contributed by atoms with Gasteiger partial charge in [0.1, 0.15) is 0 Å². The Morgan fingerprint density at radius 1 is 1.43 bits per heavy atom. The lowest BCUT2D eigenvalue weighted by Gasteiger charge is -2.38. The zero-order chi connectivity index (χ0) is 11.4. The number of nitrogens with zero attached hydrogens (tertiary/aromatic N) is 1. The Balaban J connectivity index is 4.04. The van der Waals surface area contributed by atoms with Gasteiger partial charge in [0.25, 0.3) is 0 Å². The van der Waals surface area contributed by atoms with Crippen LogP contribution in [0.2, 0.25) is 0 Å². The minimum absolute atomic E-state index is 0.0330. The molecule has 0 saturated carbocycles. The van der Waals surface area contributed by atoms with E-state index >= 15 is 0 Å². The molecule has 0 aromatic carbocycles. The van der Waals surface area contributed by atoms with Gasteiger partial charge in [-0.15, -0.1) is 0 Å². The van der Waals surface area contributed by atoms with Crippen molar-refractivity contribution in [2.75, 3.05) is 13.2 Å². The number of rotatable bonds is 6. The SMILES string of the molecule is BN(CNC(C)N)C(C)C(C)(C)CN. The smallest absolute Gasteiger partial charge is 0.187 e. The number of nitrogens with two attached hydrogens (primary N) is 2. The zero-order valence-corrected chi connectivity index (χ0v) is 10.2. The van der Waals surface area contributed by atoms with Crippen LogP contribution < -0.4 is 16.8 Å². The van der Waals surface area contributed by atoms with Gasteiger partial charge in [-0.25, -0.2) is 0 Å². The summed E-state index contributed by atoms with van der Waals surface area (Å²) >= 11 is 0. The van der Waals surface area contributed by atoms with E-state index in [1.807, 2.05) is 6.92 Å². The van der Waals surface area contributed by atoms with Gasteiger partial charge in [-0.1, -0.05) is 13.8 Å². The topological polar surface area (TPSA) is 67.3 Å². The molecule has 5 N–H and O–H groups in total. The molecular formula is C9H25BN4. The van der Waals surface area contributed by atoms with Crippen molar-refractivity contribution in [3.8, 4) is 0 Å². The van der Waals surface area contributed by atoms with E-state index in [0.717, 1.165) is 6.67 Å². The molecule has 0 aromatic heterocycles. The normalized spacial score (nSPS) is 17.1. The minimum atomic E-state index is 0.0330. The molecule has 84 valence electrons. The van der Waals surface area contributed by atoms with Crippen LogP contribution in [-0.4, -0.2) is 38.2 Å². The quantitative estimate of drug-likeness (QED) is 0.382. The Labute approximate surface area is 88.8 Å². The Morgan fingerprint density at radius 2 is 1.93 bits per heavy atom.